The van der Waals surface area contributed by atoms with E-state index in [-0.39, 0.29) is 10.8 Å². The number of amides is 2. The highest BCUT2D eigenvalue weighted by molar-refractivity contribution is 7.80. The molecule has 1 saturated heterocycles. The van der Waals surface area contributed by atoms with Gasteiger partial charge in [0.05, 0.1) is 0 Å². The summed E-state index contributed by atoms with van der Waals surface area (Å²) in [5.74, 6) is -3.14. The van der Waals surface area contributed by atoms with Crippen LogP contribution >= 0.6 is 11.3 Å². The number of carboxylic acids is 1. The Labute approximate surface area is 167 Å². The lowest BCUT2D eigenvalue weighted by Gasteiger charge is -2.59. The molecule has 1 unspecified atom stereocenters. The van der Waals surface area contributed by atoms with Crippen LogP contribution in [0.4, 0.5) is 5.13 Å². The van der Waals surface area contributed by atoms with Crippen molar-refractivity contribution >= 4 is 50.4 Å². The molecule has 16 heteroatoms. The fraction of sp³-hybridized carbons (Fsp3) is 0.462. The number of nitrogens with two attached hydrogens (primary N) is 1. The number of nitrogens with one attached hydrogen (secondary N) is 1. The van der Waals surface area contributed by atoms with Crippen molar-refractivity contribution in [3.8, 4) is 0 Å². The van der Waals surface area contributed by atoms with Crippen molar-refractivity contribution in [1.82, 2.24) is 15.4 Å². The van der Waals surface area contributed by atoms with Crippen LogP contribution in [0.3, 0.4) is 0 Å². The summed E-state index contributed by atoms with van der Waals surface area (Å²) in [4.78, 5) is 44.0. The second kappa shape index (κ2) is 7.54. The van der Waals surface area contributed by atoms with Crippen molar-refractivity contribution in [2.24, 2.45) is 5.16 Å². The highest BCUT2D eigenvalue weighted by Crippen LogP contribution is 2.48. The third kappa shape index (κ3) is 4.14. The Kier molecular flexibility index (Phi) is 5.44. The number of nitrogens with zero attached hydrogens (tertiary/aromatic N) is 3. The zero-order chi connectivity index (χ0) is 21.4. The molecule has 2 aliphatic rings. The van der Waals surface area contributed by atoms with Crippen LogP contribution in [0.1, 0.15) is 25.0 Å². The molecule has 1 aliphatic heterocycles. The second-order valence-corrected chi connectivity index (χ2v) is 8.07. The van der Waals surface area contributed by atoms with Crippen LogP contribution in [0.5, 0.6) is 0 Å². The molecule has 0 bridgehead atoms. The van der Waals surface area contributed by atoms with Crippen LogP contribution in [0.15, 0.2) is 10.5 Å². The third-order valence-corrected chi connectivity index (χ3v) is 5.39. The van der Waals surface area contributed by atoms with E-state index < -0.39 is 52.1 Å². The fourth-order valence-corrected chi connectivity index (χ4v) is 3.96. The Morgan fingerprint density at radius 2 is 2.17 bits per heavy atom. The standard InChI is InChI=1S/C13H15N5O9S2/c14-12-15-6(5-28-12)8(17-26-4-7(19)20)10(21)16-9-11(22)18(27-29(23,24)25)13(9)2-1-3-13/h5,9H,1-4H2,(H2,14,15)(H,16,21)(H,19,20)(H,23,24,25)/b17-8-. The number of carbonyl (C=O) groups excluding carboxylic acids is 2. The number of carbonyl (C=O) groups is 3. The van der Waals surface area contributed by atoms with Crippen LogP contribution in [-0.2, 0) is 33.9 Å². The summed E-state index contributed by atoms with van der Waals surface area (Å²) < 4.78 is 35.1. The minimum Gasteiger partial charge on any atom is -0.479 e. The molecule has 1 aromatic heterocycles. The summed E-state index contributed by atoms with van der Waals surface area (Å²) in [5.41, 5.74) is 3.98. The number of nitrogen functional groups attached to an aromatic ring is 1. The van der Waals surface area contributed by atoms with E-state index >= 15 is 0 Å². The molecule has 2 heterocycles. The monoisotopic (exact) mass is 449 g/mol. The van der Waals surface area contributed by atoms with Crippen LogP contribution < -0.4 is 11.1 Å². The van der Waals surface area contributed by atoms with E-state index in [0.29, 0.717) is 24.3 Å². The predicted molar refractivity (Wildman–Crippen MR) is 94.6 cm³/mol. The summed E-state index contributed by atoms with van der Waals surface area (Å²) in [6.07, 6.45) is 1.28. The Morgan fingerprint density at radius 1 is 1.48 bits per heavy atom. The number of hydroxylamine groups is 2. The van der Waals surface area contributed by atoms with E-state index in [4.69, 9.17) is 15.4 Å². The van der Waals surface area contributed by atoms with Crippen LogP contribution in [0.2, 0.25) is 0 Å². The molecule has 5 N–H and O–H groups in total. The topological polar surface area (TPSA) is 211 Å². The average Bonchev–Trinajstić information content (AvgIpc) is 3.00. The molecule has 1 aromatic rings. The first-order valence-electron chi connectivity index (χ1n) is 7.98. The van der Waals surface area contributed by atoms with Crippen molar-refractivity contribution < 1.29 is 41.6 Å². The number of anilines is 1. The minimum atomic E-state index is -4.92. The average molecular weight is 449 g/mol. The van der Waals surface area contributed by atoms with Crippen molar-refractivity contribution in [1.29, 1.82) is 0 Å². The number of aliphatic carboxylic acids is 1. The summed E-state index contributed by atoms with van der Waals surface area (Å²) in [6, 6.07) is -1.15. The number of rotatable bonds is 8. The molecule has 158 valence electrons. The van der Waals surface area contributed by atoms with Gasteiger partial charge in [-0.25, -0.2) is 9.78 Å². The van der Waals surface area contributed by atoms with Gasteiger partial charge in [0.15, 0.2) is 10.8 Å². The molecule has 14 nitrogen and oxygen atoms in total. The quantitative estimate of drug-likeness (QED) is 0.155. The molecule has 0 radical (unpaired) electrons. The van der Waals surface area contributed by atoms with Crippen molar-refractivity contribution in [3.05, 3.63) is 11.1 Å². The second-order valence-electron chi connectivity index (χ2n) is 6.18. The molecule has 0 aromatic carbocycles. The predicted octanol–water partition coefficient (Wildman–Crippen LogP) is -1.49. The minimum absolute atomic E-state index is 0.00383. The summed E-state index contributed by atoms with van der Waals surface area (Å²) in [6.45, 7) is -0.821. The molecular formula is C13H15N5O9S2. The van der Waals surface area contributed by atoms with Crippen molar-refractivity contribution in [2.45, 2.75) is 30.8 Å². The number of aromatic nitrogens is 1. The van der Waals surface area contributed by atoms with Crippen LogP contribution in [0.25, 0.3) is 0 Å². The lowest BCUT2D eigenvalue weighted by atomic mass is 9.65. The molecular weight excluding hydrogens is 434 g/mol. The van der Waals surface area contributed by atoms with Gasteiger partial charge in [0.1, 0.15) is 17.3 Å². The van der Waals surface area contributed by atoms with E-state index in [0.717, 1.165) is 11.3 Å². The maximum Gasteiger partial charge on any atom is 0.418 e. The van der Waals surface area contributed by atoms with E-state index in [1.165, 1.54) is 5.38 Å². The van der Waals surface area contributed by atoms with Gasteiger partial charge in [-0.2, -0.15) is 13.5 Å². The summed E-state index contributed by atoms with van der Waals surface area (Å²) in [7, 11) is -4.92. The normalized spacial score (nSPS) is 20.7. The van der Waals surface area contributed by atoms with Gasteiger partial charge in [-0.1, -0.05) is 5.16 Å². The van der Waals surface area contributed by atoms with Gasteiger partial charge in [-0.15, -0.1) is 15.6 Å². The molecule has 29 heavy (non-hydrogen) atoms. The first kappa shape index (κ1) is 20.9. The van der Waals surface area contributed by atoms with Gasteiger partial charge in [0.2, 0.25) is 6.61 Å². The smallest absolute Gasteiger partial charge is 0.418 e. The van der Waals surface area contributed by atoms with Gasteiger partial charge in [-0.3, -0.25) is 14.1 Å². The SMILES string of the molecule is Nc1nc(/C(=N/OCC(=O)O)C(=O)NC2C(=O)N(OS(=O)(=O)O)C23CCC3)cs1. The highest BCUT2D eigenvalue weighted by Gasteiger charge is 2.66. The third-order valence-electron chi connectivity index (χ3n) is 4.38. The lowest BCUT2D eigenvalue weighted by Crippen LogP contribution is -2.81. The van der Waals surface area contributed by atoms with Gasteiger partial charge in [-0.05, 0) is 19.3 Å². The van der Waals surface area contributed by atoms with Gasteiger partial charge < -0.3 is 21.0 Å². The van der Waals surface area contributed by atoms with E-state index in [9.17, 15) is 22.8 Å². The molecule has 2 amide bonds. The maximum absolute atomic E-state index is 12.7. The van der Waals surface area contributed by atoms with E-state index in [1.54, 1.807) is 0 Å². The zero-order valence-electron chi connectivity index (χ0n) is 14.5. The van der Waals surface area contributed by atoms with Crippen molar-refractivity contribution in [3.63, 3.8) is 0 Å². The number of oxime groups is 1. The van der Waals surface area contributed by atoms with E-state index in [1.807, 2.05) is 0 Å². The Morgan fingerprint density at radius 3 is 2.66 bits per heavy atom. The summed E-state index contributed by atoms with van der Waals surface area (Å²) in [5, 5.41) is 16.5. The number of hydrogen-bond acceptors (Lipinski definition) is 11. The molecule has 3 rings (SSSR count). The number of carboxylic acid groups (broad SMARTS) is 1. The first-order chi connectivity index (χ1) is 13.5. The van der Waals surface area contributed by atoms with Gasteiger partial charge in [0.25, 0.3) is 11.8 Å². The molecule has 1 aliphatic carbocycles. The maximum atomic E-state index is 12.7. The van der Waals surface area contributed by atoms with Gasteiger partial charge in [0, 0.05) is 5.38 Å². The summed E-state index contributed by atoms with van der Waals surface area (Å²) >= 11 is 0.996. The molecule has 2 fully saturated rings. The largest absolute Gasteiger partial charge is 0.479 e. The fourth-order valence-electron chi connectivity index (χ4n) is 3.00. The zero-order valence-corrected chi connectivity index (χ0v) is 16.1. The first-order valence-corrected chi connectivity index (χ1v) is 10.2. The molecule has 1 atom stereocenters. The molecule has 1 spiro atoms. The van der Waals surface area contributed by atoms with Crippen LogP contribution in [0, 0.1) is 0 Å². The lowest BCUT2D eigenvalue weighted by molar-refractivity contribution is -0.243. The Hall–Kier alpha value is -2.82. The van der Waals surface area contributed by atoms with Crippen molar-refractivity contribution in [2.75, 3.05) is 12.3 Å². The number of thiazole rings is 1. The van der Waals surface area contributed by atoms with Crippen LogP contribution in [-0.4, -0.2) is 69.8 Å². The molecule has 1 saturated carbocycles. The van der Waals surface area contributed by atoms with E-state index in [2.05, 4.69) is 24.6 Å². The Bertz CT molecular complexity index is 985. The highest BCUT2D eigenvalue weighted by atomic mass is 32.3. The Balaban J connectivity index is 1.79. The van der Waals surface area contributed by atoms with Gasteiger partial charge >= 0.3 is 16.4 Å². The number of hydrogen-bond donors (Lipinski definition) is 4. The number of β-lactam (4-membered cyclic amide) rings is 1.